The number of halogens is 2. The lowest BCUT2D eigenvalue weighted by Crippen LogP contribution is -2.14. The maximum absolute atomic E-state index is 12.5. The fourth-order valence-electron chi connectivity index (χ4n) is 2.28. The molecule has 0 aromatic heterocycles. The second kappa shape index (κ2) is 9.36. The molecule has 0 spiro atoms. The van der Waals surface area contributed by atoms with Gasteiger partial charge in [-0.1, -0.05) is 12.1 Å². The van der Waals surface area contributed by atoms with Crippen LogP contribution < -0.4 is 10.1 Å². The van der Waals surface area contributed by atoms with E-state index in [1.807, 2.05) is 44.2 Å². The van der Waals surface area contributed by atoms with Gasteiger partial charge in [-0.3, -0.25) is 4.79 Å². The molecule has 136 valence electrons. The van der Waals surface area contributed by atoms with Crippen LogP contribution in [0.25, 0.3) is 6.08 Å². The molecule has 0 aliphatic rings. The molecule has 2 aromatic rings. The molecule has 0 unspecified atom stereocenters. The van der Waals surface area contributed by atoms with Gasteiger partial charge in [0.1, 0.15) is 23.5 Å². The van der Waals surface area contributed by atoms with Crippen molar-refractivity contribution in [3.8, 4) is 17.9 Å². The Morgan fingerprint density at radius 3 is 2.44 bits per heavy atom. The van der Waals surface area contributed by atoms with E-state index in [2.05, 4.69) is 37.2 Å². The second-order valence-corrected chi connectivity index (χ2v) is 7.41. The number of ether oxygens (including phenoxy) is 1. The van der Waals surface area contributed by atoms with Crippen LogP contribution in [0.1, 0.15) is 16.7 Å². The number of anilines is 1. The molecule has 27 heavy (non-hydrogen) atoms. The molecule has 0 radical (unpaired) electrons. The SMILES string of the molecule is Cc1ccc(C)c(NC(=O)/C(C#N)=C/c2cc(Br)c(OCC#N)c(Br)c2)c1. The number of nitrogens with zero attached hydrogens (tertiary/aromatic N) is 2. The molecule has 0 saturated heterocycles. The van der Waals surface area contributed by atoms with Crippen molar-refractivity contribution < 1.29 is 9.53 Å². The predicted molar refractivity (Wildman–Crippen MR) is 111 cm³/mol. The maximum Gasteiger partial charge on any atom is 0.266 e. The monoisotopic (exact) mass is 487 g/mol. The van der Waals surface area contributed by atoms with E-state index in [0.29, 0.717) is 25.9 Å². The first-order valence-corrected chi connectivity index (χ1v) is 9.43. The Morgan fingerprint density at radius 2 is 1.85 bits per heavy atom. The van der Waals surface area contributed by atoms with E-state index in [-0.39, 0.29) is 12.2 Å². The number of benzene rings is 2. The Kier molecular flexibility index (Phi) is 7.18. The Labute approximate surface area is 174 Å². The van der Waals surface area contributed by atoms with Crippen LogP contribution in [0.3, 0.4) is 0 Å². The molecule has 7 heteroatoms. The largest absolute Gasteiger partial charge is 0.476 e. The van der Waals surface area contributed by atoms with Crippen LogP contribution in [0.5, 0.6) is 5.75 Å². The van der Waals surface area contributed by atoms with Crippen molar-refractivity contribution in [3.05, 3.63) is 61.5 Å². The highest BCUT2D eigenvalue weighted by Crippen LogP contribution is 2.35. The number of nitrogens with one attached hydrogen (secondary N) is 1. The first-order valence-electron chi connectivity index (χ1n) is 7.85. The predicted octanol–water partition coefficient (Wildman–Crippen LogP) is 5.28. The van der Waals surface area contributed by atoms with Gasteiger partial charge in [0.25, 0.3) is 5.91 Å². The fraction of sp³-hybridized carbons (Fsp3) is 0.150. The normalized spacial score (nSPS) is 10.7. The molecule has 5 nitrogen and oxygen atoms in total. The Balaban J connectivity index is 2.30. The van der Waals surface area contributed by atoms with Crippen LogP contribution in [-0.2, 0) is 4.79 Å². The fourth-order valence-corrected chi connectivity index (χ4v) is 3.73. The summed E-state index contributed by atoms with van der Waals surface area (Å²) in [5, 5.41) is 20.8. The summed E-state index contributed by atoms with van der Waals surface area (Å²) in [5.41, 5.74) is 3.20. The third kappa shape index (κ3) is 5.43. The molecule has 1 amide bonds. The number of carbonyl (C=O) groups excluding carboxylic acids is 1. The zero-order chi connectivity index (χ0) is 20.0. The summed E-state index contributed by atoms with van der Waals surface area (Å²) in [4.78, 5) is 12.5. The summed E-state index contributed by atoms with van der Waals surface area (Å²) in [7, 11) is 0. The van der Waals surface area contributed by atoms with Crippen LogP contribution in [-0.4, -0.2) is 12.5 Å². The van der Waals surface area contributed by atoms with Gasteiger partial charge in [-0.15, -0.1) is 0 Å². The van der Waals surface area contributed by atoms with Gasteiger partial charge in [0, 0.05) is 5.69 Å². The van der Waals surface area contributed by atoms with Crippen LogP contribution in [0, 0.1) is 36.5 Å². The molecule has 1 N–H and O–H groups in total. The van der Waals surface area contributed by atoms with E-state index >= 15 is 0 Å². The van der Waals surface area contributed by atoms with Crippen LogP contribution in [0.4, 0.5) is 5.69 Å². The first kappa shape index (κ1) is 20.7. The highest BCUT2D eigenvalue weighted by Gasteiger charge is 2.13. The van der Waals surface area contributed by atoms with E-state index in [9.17, 15) is 10.1 Å². The van der Waals surface area contributed by atoms with Crippen LogP contribution in [0.15, 0.2) is 44.9 Å². The lowest BCUT2D eigenvalue weighted by atomic mass is 10.1. The van der Waals surface area contributed by atoms with Crippen molar-refractivity contribution in [1.82, 2.24) is 0 Å². The molecule has 0 heterocycles. The zero-order valence-corrected chi connectivity index (χ0v) is 17.8. The average molecular weight is 489 g/mol. The van der Waals surface area contributed by atoms with Gasteiger partial charge in [-0.25, -0.2) is 0 Å². The summed E-state index contributed by atoms with van der Waals surface area (Å²) in [5.74, 6) is -0.00435. The second-order valence-electron chi connectivity index (χ2n) is 5.70. The minimum Gasteiger partial charge on any atom is -0.476 e. The molecule has 0 bridgehead atoms. The van der Waals surface area contributed by atoms with Gasteiger partial charge in [0.2, 0.25) is 0 Å². The Hall–Kier alpha value is -2.61. The van der Waals surface area contributed by atoms with Gasteiger partial charge in [0.05, 0.1) is 8.95 Å². The molecule has 0 aliphatic heterocycles. The lowest BCUT2D eigenvalue weighted by molar-refractivity contribution is -0.112. The van der Waals surface area contributed by atoms with Gasteiger partial charge in [0.15, 0.2) is 6.61 Å². The maximum atomic E-state index is 12.5. The summed E-state index contributed by atoms with van der Waals surface area (Å²) < 4.78 is 6.54. The molecule has 2 aromatic carbocycles. The van der Waals surface area contributed by atoms with Gasteiger partial charge in [-0.05, 0) is 86.7 Å². The van der Waals surface area contributed by atoms with Crippen LogP contribution >= 0.6 is 31.9 Å². The molecule has 0 fully saturated rings. The summed E-state index contributed by atoms with van der Waals surface area (Å²) in [6.45, 7) is 3.73. The molecular weight excluding hydrogens is 474 g/mol. The quantitative estimate of drug-likeness (QED) is 0.458. The smallest absolute Gasteiger partial charge is 0.266 e. The number of amides is 1. The van der Waals surface area contributed by atoms with E-state index in [1.54, 1.807) is 12.1 Å². The van der Waals surface area contributed by atoms with Crippen molar-refractivity contribution in [3.63, 3.8) is 0 Å². The third-order valence-corrected chi connectivity index (χ3v) is 4.80. The Morgan fingerprint density at radius 1 is 1.19 bits per heavy atom. The summed E-state index contributed by atoms with van der Waals surface area (Å²) in [6, 6.07) is 13.0. The summed E-state index contributed by atoms with van der Waals surface area (Å²) >= 11 is 6.74. The minimum atomic E-state index is -0.483. The van der Waals surface area contributed by atoms with Crippen molar-refractivity contribution in [2.24, 2.45) is 0 Å². The van der Waals surface area contributed by atoms with Crippen LogP contribution in [0.2, 0.25) is 0 Å². The molecule has 0 aliphatic carbocycles. The van der Waals surface area contributed by atoms with Crippen molar-refractivity contribution >= 4 is 49.5 Å². The standard InChI is InChI=1S/C20H15Br2N3O2/c1-12-3-4-13(2)18(7-12)25-20(26)15(11-24)8-14-9-16(21)19(17(22)10-14)27-6-5-23/h3-4,7-10H,6H2,1-2H3,(H,25,26)/b15-8+. The van der Waals surface area contributed by atoms with Crippen molar-refractivity contribution in [2.45, 2.75) is 13.8 Å². The average Bonchev–Trinajstić information content (AvgIpc) is 2.62. The molecule has 0 saturated carbocycles. The van der Waals surface area contributed by atoms with E-state index in [1.165, 1.54) is 6.08 Å². The molecule has 0 atom stereocenters. The highest BCUT2D eigenvalue weighted by atomic mass is 79.9. The first-order chi connectivity index (χ1) is 12.8. The highest BCUT2D eigenvalue weighted by molar-refractivity contribution is 9.11. The lowest BCUT2D eigenvalue weighted by Gasteiger charge is -2.10. The number of nitriles is 2. The van der Waals surface area contributed by atoms with Gasteiger partial charge < -0.3 is 10.1 Å². The minimum absolute atomic E-state index is 0.0274. The third-order valence-electron chi connectivity index (χ3n) is 3.62. The van der Waals surface area contributed by atoms with E-state index in [4.69, 9.17) is 10.00 Å². The number of rotatable bonds is 5. The molecular formula is C20H15Br2N3O2. The van der Waals surface area contributed by atoms with Gasteiger partial charge >= 0.3 is 0 Å². The van der Waals surface area contributed by atoms with E-state index < -0.39 is 5.91 Å². The van der Waals surface area contributed by atoms with Crippen molar-refractivity contribution in [2.75, 3.05) is 11.9 Å². The number of carbonyl (C=O) groups is 1. The summed E-state index contributed by atoms with van der Waals surface area (Å²) in [6.07, 6.45) is 1.49. The van der Waals surface area contributed by atoms with E-state index in [0.717, 1.165) is 11.1 Å². The topological polar surface area (TPSA) is 85.9 Å². The molecule has 2 rings (SSSR count). The zero-order valence-electron chi connectivity index (χ0n) is 14.6. The van der Waals surface area contributed by atoms with Gasteiger partial charge in [-0.2, -0.15) is 10.5 Å². The number of hydrogen-bond donors (Lipinski definition) is 1. The Bertz CT molecular complexity index is 978. The number of hydrogen-bond acceptors (Lipinski definition) is 4. The number of aryl methyl sites for hydroxylation is 2. The van der Waals surface area contributed by atoms with Crippen molar-refractivity contribution in [1.29, 1.82) is 10.5 Å².